The quantitative estimate of drug-likeness (QED) is 0.109. The molecule has 4 aromatic rings. The van der Waals surface area contributed by atoms with E-state index in [1.165, 1.54) is 25.3 Å². The van der Waals surface area contributed by atoms with Crippen LogP contribution >= 0.6 is 0 Å². The average molecular weight is 629 g/mol. The number of hydrogen-bond donors (Lipinski definition) is 3. The van der Waals surface area contributed by atoms with E-state index in [9.17, 15) is 13.2 Å². The summed E-state index contributed by atoms with van der Waals surface area (Å²) in [6.07, 6.45) is 10.5. The van der Waals surface area contributed by atoms with Gasteiger partial charge in [0.2, 0.25) is 10.0 Å². The fourth-order valence-corrected chi connectivity index (χ4v) is 8.19. The SMILES string of the molecule is O=C(/C=C/c1ccc2c(c1)CCC2N(CCc1c[nH]c2ccccc12)S(=O)(=O)c1ccc(OCCN2CCCCC2)cc1)NO. The van der Waals surface area contributed by atoms with E-state index in [2.05, 4.69) is 16.0 Å². The van der Waals surface area contributed by atoms with Crippen LogP contribution in [0.3, 0.4) is 0 Å². The summed E-state index contributed by atoms with van der Waals surface area (Å²) in [6, 6.07) is 20.4. The molecular weight excluding hydrogens is 588 g/mol. The van der Waals surface area contributed by atoms with Gasteiger partial charge in [0, 0.05) is 36.3 Å². The first-order chi connectivity index (χ1) is 21.9. The number of nitrogens with zero attached hydrogens (tertiary/aromatic N) is 2. The van der Waals surface area contributed by atoms with Gasteiger partial charge >= 0.3 is 0 Å². The molecule has 45 heavy (non-hydrogen) atoms. The van der Waals surface area contributed by atoms with Crippen molar-refractivity contribution in [1.82, 2.24) is 19.7 Å². The van der Waals surface area contributed by atoms with Crippen LogP contribution < -0.4 is 10.2 Å². The van der Waals surface area contributed by atoms with Crippen molar-refractivity contribution in [2.24, 2.45) is 0 Å². The Labute approximate surface area is 264 Å². The normalized spacial score (nSPS) is 17.2. The summed E-state index contributed by atoms with van der Waals surface area (Å²) in [5.74, 6) is 0.0549. The minimum atomic E-state index is -3.86. The van der Waals surface area contributed by atoms with E-state index in [0.29, 0.717) is 31.7 Å². The highest BCUT2D eigenvalue weighted by Crippen LogP contribution is 2.40. The van der Waals surface area contributed by atoms with Crippen molar-refractivity contribution in [2.45, 2.75) is 49.5 Å². The van der Waals surface area contributed by atoms with Crippen molar-refractivity contribution in [2.75, 3.05) is 32.8 Å². The van der Waals surface area contributed by atoms with E-state index in [0.717, 1.165) is 59.2 Å². The number of rotatable bonds is 12. The third kappa shape index (κ3) is 7.15. The van der Waals surface area contributed by atoms with Gasteiger partial charge in [0.25, 0.3) is 5.91 Å². The molecule has 0 spiro atoms. The maximum Gasteiger partial charge on any atom is 0.267 e. The molecule has 1 saturated heterocycles. The number of hydroxylamine groups is 1. The number of amides is 1. The van der Waals surface area contributed by atoms with Gasteiger partial charge < -0.3 is 9.72 Å². The number of para-hydroxylation sites is 1. The molecule has 1 aromatic heterocycles. The lowest BCUT2D eigenvalue weighted by atomic mass is 10.0. The molecule has 2 aliphatic rings. The molecule has 1 atom stereocenters. The monoisotopic (exact) mass is 628 g/mol. The van der Waals surface area contributed by atoms with E-state index >= 15 is 0 Å². The van der Waals surface area contributed by atoms with Crippen LogP contribution in [0.25, 0.3) is 17.0 Å². The Morgan fingerprint density at radius 3 is 2.67 bits per heavy atom. The molecule has 10 heteroatoms. The van der Waals surface area contributed by atoms with Crippen LogP contribution in [0.1, 0.15) is 54.0 Å². The predicted octanol–water partition coefficient (Wildman–Crippen LogP) is 5.47. The van der Waals surface area contributed by atoms with Crippen molar-refractivity contribution in [1.29, 1.82) is 0 Å². The first kappa shape index (κ1) is 31.0. The summed E-state index contributed by atoms with van der Waals surface area (Å²) in [4.78, 5) is 17.4. The average Bonchev–Trinajstić information content (AvgIpc) is 3.68. The minimum absolute atomic E-state index is 0.243. The summed E-state index contributed by atoms with van der Waals surface area (Å²) in [5, 5.41) is 9.88. The lowest BCUT2D eigenvalue weighted by Crippen LogP contribution is -2.35. The fourth-order valence-electron chi connectivity index (χ4n) is 6.56. The molecule has 2 heterocycles. The smallest absolute Gasteiger partial charge is 0.267 e. The molecule has 1 aliphatic carbocycles. The number of fused-ring (bicyclic) bond motifs is 2. The number of nitrogens with one attached hydrogen (secondary N) is 2. The van der Waals surface area contributed by atoms with Crippen LogP contribution in [0.4, 0.5) is 0 Å². The van der Waals surface area contributed by atoms with Crippen molar-refractivity contribution in [3.05, 3.63) is 101 Å². The van der Waals surface area contributed by atoms with Crippen LogP contribution in [0.15, 0.2) is 83.9 Å². The van der Waals surface area contributed by atoms with E-state index in [4.69, 9.17) is 9.94 Å². The highest BCUT2D eigenvalue weighted by molar-refractivity contribution is 7.89. The topological polar surface area (TPSA) is 115 Å². The Morgan fingerprint density at radius 1 is 1.07 bits per heavy atom. The van der Waals surface area contributed by atoms with Gasteiger partial charge in [0.1, 0.15) is 12.4 Å². The van der Waals surface area contributed by atoms with Crippen molar-refractivity contribution < 1.29 is 23.2 Å². The van der Waals surface area contributed by atoms with Gasteiger partial charge in [-0.3, -0.25) is 14.9 Å². The molecule has 6 rings (SSSR count). The predicted molar refractivity (Wildman–Crippen MR) is 175 cm³/mol. The van der Waals surface area contributed by atoms with Gasteiger partial charge in [-0.25, -0.2) is 13.9 Å². The highest BCUT2D eigenvalue weighted by atomic mass is 32.2. The second kappa shape index (κ2) is 14.0. The number of carbonyl (C=O) groups is 1. The number of benzene rings is 3. The molecule has 236 valence electrons. The van der Waals surface area contributed by atoms with Crippen LogP contribution in [0.5, 0.6) is 5.75 Å². The Hall–Kier alpha value is -3.96. The maximum atomic E-state index is 14.4. The number of sulfonamides is 1. The zero-order valence-corrected chi connectivity index (χ0v) is 26.1. The summed E-state index contributed by atoms with van der Waals surface area (Å²) in [5.41, 5.74) is 6.53. The molecular formula is C35H40N4O5S. The largest absolute Gasteiger partial charge is 0.492 e. The fraction of sp³-hybridized carbons (Fsp3) is 0.343. The Morgan fingerprint density at radius 2 is 1.87 bits per heavy atom. The van der Waals surface area contributed by atoms with Crippen molar-refractivity contribution in [3.8, 4) is 5.75 Å². The second-order valence-electron chi connectivity index (χ2n) is 11.8. The number of aryl methyl sites for hydroxylation is 1. The number of aromatic amines is 1. The molecule has 1 aliphatic heterocycles. The maximum absolute atomic E-state index is 14.4. The van der Waals surface area contributed by atoms with Gasteiger partial charge in [-0.2, -0.15) is 4.31 Å². The number of likely N-dealkylation sites (tertiary alicyclic amines) is 1. The summed E-state index contributed by atoms with van der Waals surface area (Å²) in [7, 11) is -3.86. The lowest BCUT2D eigenvalue weighted by Gasteiger charge is -2.29. The molecule has 0 saturated carbocycles. The summed E-state index contributed by atoms with van der Waals surface area (Å²) in [6.45, 7) is 3.98. The van der Waals surface area contributed by atoms with Crippen LogP contribution in [0, 0.1) is 0 Å². The third-order valence-corrected chi connectivity index (χ3v) is 10.9. The standard InChI is InChI=1S/C35H40N4O5S/c40-35(37-41)17-9-26-8-15-32-27(24-26)10-16-34(32)39(21-18-28-25-36-33-7-3-2-6-31(28)33)45(42,43)30-13-11-29(12-14-30)44-23-22-38-19-4-1-5-20-38/h2-3,6-9,11-15,17,24-25,34,36,41H,1,4-5,10,16,18-23H2,(H,37,40)/b17-9+. The molecule has 3 aromatic carbocycles. The second-order valence-corrected chi connectivity index (χ2v) is 13.7. The number of piperidine rings is 1. The first-order valence-corrected chi connectivity index (χ1v) is 17.1. The Balaban J connectivity index is 1.23. The molecule has 3 N–H and O–H groups in total. The van der Waals surface area contributed by atoms with E-state index in [1.54, 1.807) is 40.1 Å². The molecule has 1 fully saturated rings. The number of ether oxygens (including phenoxy) is 1. The van der Waals surface area contributed by atoms with Gasteiger partial charge in [0.15, 0.2) is 0 Å². The number of hydrogen-bond acceptors (Lipinski definition) is 6. The number of carbonyl (C=O) groups excluding carboxylic acids is 1. The van der Waals surface area contributed by atoms with Gasteiger partial charge in [-0.05, 0) is 104 Å². The first-order valence-electron chi connectivity index (χ1n) is 15.7. The van der Waals surface area contributed by atoms with E-state index in [1.807, 2.05) is 42.6 Å². The van der Waals surface area contributed by atoms with E-state index in [-0.39, 0.29) is 10.9 Å². The zero-order chi connectivity index (χ0) is 31.2. The number of H-pyrrole nitrogens is 1. The Bertz CT molecular complexity index is 1760. The summed E-state index contributed by atoms with van der Waals surface area (Å²) >= 11 is 0. The number of aromatic nitrogens is 1. The van der Waals surface area contributed by atoms with E-state index < -0.39 is 15.9 Å². The van der Waals surface area contributed by atoms with Gasteiger partial charge in [-0.15, -0.1) is 0 Å². The molecule has 0 bridgehead atoms. The minimum Gasteiger partial charge on any atom is -0.492 e. The van der Waals surface area contributed by atoms with Crippen molar-refractivity contribution in [3.63, 3.8) is 0 Å². The third-order valence-electron chi connectivity index (χ3n) is 8.93. The Kier molecular flexibility index (Phi) is 9.65. The lowest BCUT2D eigenvalue weighted by molar-refractivity contribution is -0.124. The van der Waals surface area contributed by atoms with Crippen molar-refractivity contribution >= 4 is 32.9 Å². The summed E-state index contributed by atoms with van der Waals surface area (Å²) < 4.78 is 36.3. The van der Waals surface area contributed by atoms with Gasteiger partial charge in [0.05, 0.1) is 10.9 Å². The molecule has 1 amide bonds. The van der Waals surface area contributed by atoms with Crippen LogP contribution in [-0.2, 0) is 27.7 Å². The van der Waals surface area contributed by atoms with Gasteiger partial charge in [-0.1, -0.05) is 42.8 Å². The van der Waals surface area contributed by atoms with Crippen LogP contribution in [0.2, 0.25) is 0 Å². The van der Waals surface area contributed by atoms with Crippen LogP contribution in [-0.4, -0.2) is 66.5 Å². The zero-order valence-electron chi connectivity index (χ0n) is 25.3. The molecule has 1 unspecified atom stereocenters. The highest BCUT2D eigenvalue weighted by Gasteiger charge is 2.36. The molecule has 9 nitrogen and oxygen atoms in total. The molecule has 0 radical (unpaired) electrons.